The molecule has 1 aromatic carbocycles. The molecule has 0 spiro atoms. The molecule has 2 N–H and O–H groups in total. The van der Waals surface area contributed by atoms with Gasteiger partial charge in [0.2, 0.25) is 0 Å². The number of unbranched alkanes of at least 4 members (excludes halogenated alkanes) is 9. The van der Waals surface area contributed by atoms with Crippen LogP contribution in [0.5, 0.6) is 5.75 Å². The quantitative estimate of drug-likeness (QED) is 0.294. The number of carbonyl (C=O) groups excluding carboxylic acids is 1. The van der Waals surface area contributed by atoms with Gasteiger partial charge >= 0.3 is 6.09 Å². The Morgan fingerprint density at radius 2 is 1.55 bits per heavy atom. The summed E-state index contributed by atoms with van der Waals surface area (Å²) in [7, 11) is 1.67. The Balaban J connectivity index is 2.31. The summed E-state index contributed by atoms with van der Waals surface area (Å²) in [5, 5.41) is 11.5. The topological polar surface area (TPSA) is 71.0 Å². The third-order valence-corrected chi connectivity index (χ3v) is 5.41. The Hall–Kier alpha value is -1.79. The van der Waals surface area contributed by atoms with E-state index in [2.05, 4.69) is 29.3 Å². The lowest BCUT2D eigenvalue weighted by Crippen LogP contribution is -2.35. The van der Waals surface area contributed by atoms with Crippen LogP contribution >= 0.6 is 0 Å². The van der Waals surface area contributed by atoms with Crippen molar-refractivity contribution < 1.29 is 19.4 Å². The summed E-state index contributed by atoms with van der Waals surface area (Å²) < 4.78 is 10.1. The monoisotopic (exact) mass is 436 g/mol. The molecular formula is C25H44N2O4. The molecular weight excluding hydrogens is 392 g/mol. The van der Waals surface area contributed by atoms with E-state index in [1.807, 2.05) is 12.1 Å². The molecule has 0 bridgehead atoms. The van der Waals surface area contributed by atoms with Gasteiger partial charge in [-0.1, -0.05) is 76.8 Å². The molecule has 1 rings (SSSR count). The van der Waals surface area contributed by atoms with Crippen molar-refractivity contribution in [1.29, 1.82) is 0 Å². The largest absolute Gasteiger partial charge is 0.497 e. The average Bonchev–Trinajstić information content (AvgIpc) is 2.79. The van der Waals surface area contributed by atoms with E-state index < -0.39 is 6.09 Å². The molecule has 0 heterocycles. The van der Waals surface area contributed by atoms with Crippen LogP contribution in [0.3, 0.4) is 0 Å². The number of hydrogen-bond donors (Lipinski definition) is 2. The lowest BCUT2D eigenvalue weighted by Gasteiger charge is -2.23. The van der Waals surface area contributed by atoms with Crippen molar-refractivity contribution in [3.8, 4) is 5.75 Å². The molecule has 6 heteroatoms. The first-order chi connectivity index (χ1) is 15.2. The van der Waals surface area contributed by atoms with Gasteiger partial charge in [-0.25, -0.2) is 4.79 Å². The first-order valence-electron chi connectivity index (χ1n) is 12.1. The van der Waals surface area contributed by atoms with E-state index in [9.17, 15) is 4.79 Å². The van der Waals surface area contributed by atoms with Crippen molar-refractivity contribution in [2.24, 2.45) is 0 Å². The molecule has 0 aromatic heterocycles. The summed E-state index contributed by atoms with van der Waals surface area (Å²) in [6.45, 7) is 5.27. The van der Waals surface area contributed by atoms with Crippen LogP contribution in [0.15, 0.2) is 24.3 Å². The number of aliphatic hydroxyl groups excluding tert-OH is 1. The van der Waals surface area contributed by atoms with Crippen molar-refractivity contribution in [3.63, 3.8) is 0 Å². The molecule has 0 unspecified atom stereocenters. The van der Waals surface area contributed by atoms with E-state index in [1.54, 1.807) is 7.11 Å². The molecule has 1 amide bonds. The average molecular weight is 437 g/mol. The predicted octanol–water partition coefficient (Wildman–Crippen LogP) is 5.14. The van der Waals surface area contributed by atoms with Crippen molar-refractivity contribution in [2.45, 2.75) is 77.7 Å². The summed E-state index contributed by atoms with van der Waals surface area (Å²) in [5.74, 6) is 0.860. The summed E-state index contributed by atoms with van der Waals surface area (Å²) in [6.07, 6.45) is 12.8. The molecule has 6 nitrogen and oxygen atoms in total. The van der Waals surface area contributed by atoms with Crippen LogP contribution in [0.4, 0.5) is 4.79 Å². The molecule has 0 saturated heterocycles. The lowest BCUT2D eigenvalue weighted by molar-refractivity contribution is 0.118. The summed E-state index contributed by atoms with van der Waals surface area (Å²) >= 11 is 0. The van der Waals surface area contributed by atoms with Gasteiger partial charge in [-0.3, -0.25) is 4.90 Å². The van der Waals surface area contributed by atoms with Crippen LogP contribution in [0.1, 0.15) is 76.7 Å². The van der Waals surface area contributed by atoms with Crippen LogP contribution in [0, 0.1) is 0 Å². The highest BCUT2D eigenvalue weighted by atomic mass is 16.6. The second-order valence-electron chi connectivity index (χ2n) is 8.09. The molecule has 0 aliphatic heterocycles. The number of rotatable bonds is 19. The highest BCUT2D eigenvalue weighted by Crippen LogP contribution is 2.14. The van der Waals surface area contributed by atoms with Crippen LogP contribution in [0.2, 0.25) is 0 Å². The molecule has 0 atom stereocenters. The fraction of sp³-hybridized carbons (Fsp3) is 0.720. The predicted molar refractivity (Wildman–Crippen MR) is 127 cm³/mol. The van der Waals surface area contributed by atoms with Crippen molar-refractivity contribution in [3.05, 3.63) is 29.8 Å². The van der Waals surface area contributed by atoms with Gasteiger partial charge in [-0.2, -0.15) is 0 Å². The molecule has 0 saturated carbocycles. The standard InChI is InChI=1S/C25H44N2O4/c1-3-4-5-6-7-8-9-10-11-12-18-27(19-17-26-25(29)31-21-20-28)22-23-13-15-24(30-2)16-14-23/h13-16,28H,3-12,17-22H2,1-2H3,(H,26,29). The molecule has 0 aliphatic carbocycles. The van der Waals surface area contributed by atoms with E-state index in [-0.39, 0.29) is 13.2 Å². The molecule has 31 heavy (non-hydrogen) atoms. The Kier molecular flexibility index (Phi) is 16.6. The van der Waals surface area contributed by atoms with Crippen molar-refractivity contribution in [2.75, 3.05) is 40.0 Å². The number of benzene rings is 1. The normalized spacial score (nSPS) is 11.0. The van der Waals surface area contributed by atoms with Crippen molar-refractivity contribution in [1.82, 2.24) is 10.2 Å². The number of methoxy groups -OCH3 is 1. The zero-order valence-corrected chi connectivity index (χ0v) is 19.7. The van der Waals surface area contributed by atoms with Gasteiger partial charge in [0.15, 0.2) is 0 Å². The van der Waals surface area contributed by atoms with Crippen LogP contribution < -0.4 is 10.1 Å². The number of hydrogen-bond acceptors (Lipinski definition) is 5. The Morgan fingerprint density at radius 1 is 0.935 bits per heavy atom. The number of carbonyl (C=O) groups is 1. The maximum absolute atomic E-state index is 11.6. The van der Waals surface area contributed by atoms with Gasteiger partial charge in [0.25, 0.3) is 0 Å². The highest BCUT2D eigenvalue weighted by Gasteiger charge is 2.08. The zero-order valence-electron chi connectivity index (χ0n) is 19.7. The summed E-state index contributed by atoms with van der Waals surface area (Å²) in [4.78, 5) is 14.0. The smallest absolute Gasteiger partial charge is 0.407 e. The van der Waals surface area contributed by atoms with Gasteiger partial charge in [0.1, 0.15) is 12.4 Å². The minimum Gasteiger partial charge on any atom is -0.497 e. The van der Waals surface area contributed by atoms with Gasteiger partial charge in [0, 0.05) is 19.6 Å². The first-order valence-corrected chi connectivity index (χ1v) is 12.1. The molecule has 0 aliphatic rings. The highest BCUT2D eigenvalue weighted by molar-refractivity contribution is 5.67. The Bertz CT molecular complexity index is 551. The molecule has 178 valence electrons. The van der Waals surface area contributed by atoms with Gasteiger partial charge in [0.05, 0.1) is 13.7 Å². The summed E-state index contributed by atoms with van der Waals surface area (Å²) in [6, 6.07) is 8.15. The lowest BCUT2D eigenvalue weighted by atomic mass is 10.1. The maximum atomic E-state index is 11.6. The van der Waals surface area contributed by atoms with Gasteiger partial charge in [-0.05, 0) is 30.7 Å². The third-order valence-electron chi connectivity index (χ3n) is 5.41. The zero-order chi connectivity index (χ0) is 22.6. The minimum absolute atomic E-state index is 0.0278. The van der Waals surface area contributed by atoms with E-state index in [0.717, 1.165) is 25.4 Å². The first kappa shape index (κ1) is 27.2. The second kappa shape index (κ2) is 18.9. The maximum Gasteiger partial charge on any atom is 0.407 e. The van der Waals surface area contributed by atoms with E-state index in [1.165, 1.54) is 69.8 Å². The van der Waals surface area contributed by atoms with Gasteiger partial charge in [-0.15, -0.1) is 0 Å². The summed E-state index contributed by atoms with van der Waals surface area (Å²) in [5.41, 5.74) is 1.23. The molecule has 1 aromatic rings. The van der Waals surface area contributed by atoms with Gasteiger partial charge < -0.3 is 19.9 Å². The minimum atomic E-state index is -0.475. The number of alkyl carbamates (subject to hydrolysis) is 1. The molecule has 0 fully saturated rings. The Labute approximate surface area is 189 Å². The van der Waals surface area contributed by atoms with E-state index in [0.29, 0.717) is 6.54 Å². The third kappa shape index (κ3) is 14.8. The fourth-order valence-corrected chi connectivity index (χ4v) is 3.59. The number of aliphatic hydroxyl groups is 1. The van der Waals surface area contributed by atoms with Crippen LogP contribution in [-0.2, 0) is 11.3 Å². The number of nitrogens with zero attached hydrogens (tertiary/aromatic N) is 1. The number of nitrogens with one attached hydrogen (secondary N) is 1. The Morgan fingerprint density at radius 3 is 2.13 bits per heavy atom. The van der Waals surface area contributed by atoms with Crippen molar-refractivity contribution >= 4 is 6.09 Å². The second-order valence-corrected chi connectivity index (χ2v) is 8.09. The van der Waals surface area contributed by atoms with Crippen LogP contribution in [-0.4, -0.2) is 56.1 Å². The van der Waals surface area contributed by atoms with E-state index in [4.69, 9.17) is 14.6 Å². The fourth-order valence-electron chi connectivity index (χ4n) is 3.59. The number of ether oxygens (including phenoxy) is 2. The number of amides is 1. The van der Waals surface area contributed by atoms with Crippen LogP contribution in [0.25, 0.3) is 0 Å². The molecule has 0 radical (unpaired) electrons. The van der Waals surface area contributed by atoms with E-state index >= 15 is 0 Å². The SMILES string of the molecule is CCCCCCCCCCCCN(CCNC(=O)OCCO)Cc1ccc(OC)cc1.